The summed E-state index contributed by atoms with van der Waals surface area (Å²) in [5.41, 5.74) is -0.151. The largest absolute Gasteiger partial charge is 0.481 e. The van der Waals surface area contributed by atoms with Crippen LogP contribution >= 0.6 is 0 Å². The molecule has 0 amide bonds. The number of hydrogen-bond acceptors (Lipinski definition) is 3. The fourth-order valence-corrected chi connectivity index (χ4v) is 4.06. The normalized spacial score (nSPS) is 35.5. The maximum atomic E-state index is 13.4. The minimum atomic E-state index is -4.37. The third kappa shape index (κ3) is 2.19. The van der Waals surface area contributed by atoms with Gasteiger partial charge < -0.3 is 10.0 Å². The zero-order chi connectivity index (χ0) is 17.2. The molecule has 0 spiro atoms. The molecule has 2 aliphatic heterocycles. The van der Waals surface area contributed by atoms with E-state index in [1.165, 1.54) is 6.07 Å². The van der Waals surface area contributed by atoms with Crippen molar-refractivity contribution in [2.45, 2.75) is 36.9 Å². The maximum absolute atomic E-state index is 13.4. The molecule has 4 nitrogen and oxygen atoms in total. The lowest BCUT2D eigenvalue weighted by Gasteiger charge is -2.67. The fraction of sp³-hybridized carbons (Fsp3) is 0.562. The first-order chi connectivity index (χ1) is 11.3. The van der Waals surface area contributed by atoms with E-state index in [0.29, 0.717) is 18.8 Å². The second-order valence-corrected chi connectivity index (χ2v) is 6.72. The van der Waals surface area contributed by atoms with Gasteiger partial charge in [-0.05, 0) is 24.6 Å². The maximum Gasteiger partial charge on any atom is 0.416 e. The number of anilines is 1. The van der Waals surface area contributed by atoms with E-state index in [9.17, 15) is 22.4 Å². The van der Waals surface area contributed by atoms with Crippen LogP contribution in [0.25, 0.3) is 0 Å². The number of rotatable bonds is 3. The van der Waals surface area contributed by atoms with E-state index >= 15 is 0 Å². The molecule has 1 aromatic rings. The Hall–Kier alpha value is -1.83. The van der Waals surface area contributed by atoms with E-state index in [1.54, 1.807) is 6.07 Å². The summed E-state index contributed by atoms with van der Waals surface area (Å²) < 4.78 is 51.8. The Kier molecular flexibility index (Phi) is 3.32. The Bertz CT molecular complexity index is 680. The standard InChI is InChI=1S/C16H16F4N2O2/c17-10-5-11(14(10)15(23)24)22-7-12-13(22)6-21(12)9-3-1-2-8(4-9)16(18,19)20/h1-4,10-14H,5-7H2,(H,23,24)/t10?,11?,12?,13?,14-/m1/s1. The third-order valence-corrected chi connectivity index (χ3v) is 5.54. The molecule has 1 aliphatic carbocycles. The Balaban J connectivity index is 1.42. The zero-order valence-corrected chi connectivity index (χ0v) is 12.6. The highest BCUT2D eigenvalue weighted by molar-refractivity contribution is 5.73. The van der Waals surface area contributed by atoms with Gasteiger partial charge in [0.05, 0.1) is 11.6 Å². The lowest BCUT2D eigenvalue weighted by atomic mass is 9.71. The molecule has 130 valence electrons. The molecular formula is C16H16F4N2O2. The molecule has 3 aliphatic rings. The molecule has 0 aromatic heterocycles. The van der Waals surface area contributed by atoms with E-state index < -0.39 is 29.8 Å². The Labute approximate surface area is 135 Å². The summed E-state index contributed by atoms with van der Waals surface area (Å²) in [6.45, 7) is 1.12. The smallest absolute Gasteiger partial charge is 0.416 e. The van der Waals surface area contributed by atoms with Crippen molar-refractivity contribution in [2.75, 3.05) is 18.0 Å². The van der Waals surface area contributed by atoms with Crippen LogP contribution in [0.1, 0.15) is 12.0 Å². The monoisotopic (exact) mass is 344 g/mol. The highest BCUT2D eigenvalue weighted by Gasteiger charge is 2.60. The highest BCUT2D eigenvalue weighted by Crippen LogP contribution is 2.46. The molecule has 2 heterocycles. The lowest BCUT2D eigenvalue weighted by molar-refractivity contribution is -0.165. The SMILES string of the molecule is O=C(O)[C@@H]1C(F)CC1N1CC2C1CN2c1cccc(C(F)(F)F)c1. The molecule has 1 saturated carbocycles. The number of alkyl halides is 4. The molecule has 1 aromatic carbocycles. The van der Waals surface area contributed by atoms with Gasteiger partial charge in [0.25, 0.3) is 0 Å². The van der Waals surface area contributed by atoms with Crippen molar-refractivity contribution in [2.24, 2.45) is 5.92 Å². The van der Waals surface area contributed by atoms with Crippen molar-refractivity contribution in [1.29, 1.82) is 0 Å². The first-order valence-corrected chi connectivity index (χ1v) is 7.84. The van der Waals surface area contributed by atoms with Crippen molar-refractivity contribution < 1.29 is 27.5 Å². The number of fused-ring (bicyclic) bond motifs is 1. The Morgan fingerprint density at radius 3 is 2.46 bits per heavy atom. The highest BCUT2D eigenvalue weighted by atomic mass is 19.4. The second-order valence-electron chi connectivity index (χ2n) is 6.72. The average Bonchev–Trinajstić information content (AvgIpc) is 2.46. The van der Waals surface area contributed by atoms with E-state index in [4.69, 9.17) is 5.11 Å². The van der Waals surface area contributed by atoms with Crippen LogP contribution in [0.3, 0.4) is 0 Å². The topological polar surface area (TPSA) is 43.8 Å². The molecule has 3 fully saturated rings. The van der Waals surface area contributed by atoms with Crippen molar-refractivity contribution in [3.63, 3.8) is 0 Å². The number of carboxylic acid groups (broad SMARTS) is 1. The average molecular weight is 344 g/mol. The first-order valence-electron chi connectivity index (χ1n) is 7.84. The summed E-state index contributed by atoms with van der Waals surface area (Å²) in [6.07, 6.45) is -5.45. The molecule has 0 bridgehead atoms. The van der Waals surface area contributed by atoms with Crippen LogP contribution < -0.4 is 4.90 Å². The number of hydrogen-bond donors (Lipinski definition) is 1. The Morgan fingerprint density at radius 1 is 1.17 bits per heavy atom. The van der Waals surface area contributed by atoms with E-state index in [2.05, 4.69) is 0 Å². The predicted octanol–water partition coefficient (Wildman–Crippen LogP) is 2.39. The summed E-state index contributed by atoms with van der Waals surface area (Å²) in [5, 5.41) is 9.07. The van der Waals surface area contributed by atoms with Gasteiger partial charge in [0, 0.05) is 30.9 Å². The van der Waals surface area contributed by atoms with Crippen LogP contribution in [0.2, 0.25) is 0 Å². The summed E-state index contributed by atoms with van der Waals surface area (Å²) >= 11 is 0. The van der Waals surface area contributed by atoms with Crippen molar-refractivity contribution in [3.8, 4) is 0 Å². The number of benzene rings is 1. The van der Waals surface area contributed by atoms with Gasteiger partial charge in [0.2, 0.25) is 0 Å². The van der Waals surface area contributed by atoms with Gasteiger partial charge in [-0.1, -0.05) is 6.07 Å². The number of nitrogens with zero attached hydrogens (tertiary/aromatic N) is 2. The van der Waals surface area contributed by atoms with Crippen LogP contribution in [0.4, 0.5) is 23.2 Å². The number of aliphatic carboxylic acids is 1. The molecule has 24 heavy (non-hydrogen) atoms. The molecule has 8 heteroatoms. The molecule has 1 N–H and O–H groups in total. The van der Waals surface area contributed by atoms with Crippen LogP contribution in [0.5, 0.6) is 0 Å². The van der Waals surface area contributed by atoms with Gasteiger partial charge in [-0.2, -0.15) is 13.2 Å². The number of carboxylic acids is 1. The van der Waals surface area contributed by atoms with Gasteiger partial charge >= 0.3 is 12.1 Å². The second kappa shape index (κ2) is 5.08. The lowest BCUT2D eigenvalue weighted by Crippen LogP contribution is -2.83. The number of halogens is 4. The van der Waals surface area contributed by atoms with E-state index in [1.807, 2.05) is 9.80 Å². The minimum Gasteiger partial charge on any atom is -0.481 e. The molecule has 4 unspecified atom stereocenters. The van der Waals surface area contributed by atoms with Crippen molar-refractivity contribution in [3.05, 3.63) is 29.8 Å². The molecular weight excluding hydrogens is 328 g/mol. The molecule has 0 radical (unpaired) electrons. The molecule has 4 rings (SSSR count). The van der Waals surface area contributed by atoms with Crippen molar-refractivity contribution >= 4 is 11.7 Å². The number of piperazine rings is 1. The fourth-order valence-electron chi connectivity index (χ4n) is 4.06. The molecule has 5 atom stereocenters. The van der Waals surface area contributed by atoms with Crippen LogP contribution in [0, 0.1) is 5.92 Å². The summed E-state index contributed by atoms with van der Waals surface area (Å²) in [7, 11) is 0. The number of carbonyl (C=O) groups is 1. The predicted molar refractivity (Wildman–Crippen MR) is 77.5 cm³/mol. The van der Waals surface area contributed by atoms with Gasteiger partial charge in [-0.3, -0.25) is 9.69 Å². The van der Waals surface area contributed by atoms with Gasteiger partial charge in [0.15, 0.2) is 0 Å². The van der Waals surface area contributed by atoms with Gasteiger partial charge in [-0.25, -0.2) is 4.39 Å². The van der Waals surface area contributed by atoms with Gasteiger partial charge in [-0.15, -0.1) is 0 Å². The quantitative estimate of drug-likeness (QED) is 0.855. The Morgan fingerprint density at radius 2 is 1.92 bits per heavy atom. The van der Waals surface area contributed by atoms with Crippen molar-refractivity contribution in [1.82, 2.24) is 4.90 Å². The van der Waals surface area contributed by atoms with Crippen LogP contribution in [-0.2, 0) is 11.0 Å². The van der Waals surface area contributed by atoms with Crippen LogP contribution in [0.15, 0.2) is 24.3 Å². The number of likely N-dealkylation sites (tertiary alicyclic amines) is 1. The first kappa shape index (κ1) is 15.7. The van der Waals surface area contributed by atoms with E-state index in [-0.39, 0.29) is 24.5 Å². The summed E-state index contributed by atoms with van der Waals surface area (Å²) in [4.78, 5) is 15.0. The third-order valence-electron chi connectivity index (χ3n) is 5.54. The van der Waals surface area contributed by atoms with Gasteiger partial charge in [0.1, 0.15) is 12.1 Å². The van der Waals surface area contributed by atoms with Crippen LogP contribution in [-0.4, -0.2) is 53.4 Å². The molecule has 2 saturated heterocycles. The summed E-state index contributed by atoms with van der Waals surface area (Å²) in [6, 6.07) is 5.13. The zero-order valence-electron chi connectivity index (χ0n) is 12.6. The minimum absolute atomic E-state index is 0.0848. The summed E-state index contributed by atoms with van der Waals surface area (Å²) in [5.74, 6) is -2.09. The van der Waals surface area contributed by atoms with E-state index in [0.717, 1.165) is 12.1 Å².